The first-order valence-electron chi connectivity index (χ1n) is 6.27. The number of carbonyl (C=O) groups excluding carboxylic acids is 1. The van der Waals surface area contributed by atoms with E-state index >= 15 is 0 Å². The number of aryl methyl sites for hydroxylation is 1. The molecular weight excluding hydrogens is 299 g/mol. The van der Waals surface area contributed by atoms with Gasteiger partial charge in [-0.3, -0.25) is 4.79 Å². The Morgan fingerprint density at radius 3 is 2.62 bits per heavy atom. The smallest absolute Gasteiger partial charge is 0.254 e. The number of rotatable bonds is 6. The van der Waals surface area contributed by atoms with Crippen LogP contribution in [0.15, 0.2) is 17.0 Å². The Balaban J connectivity index is 3.01. The highest BCUT2D eigenvalue weighted by Gasteiger charge is 2.19. The average molecular weight is 318 g/mol. The molecule has 0 spiro atoms. The number of hydrogen-bond donors (Lipinski definition) is 2. The molecule has 0 bridgehead atoms. The number of benzene rings is 1. The molecule has 118 valence electrons. The molecule has 0 saturated carbocycles. The summed E-state index contributed by atoms with van der Waals surface area (Å²) in [7, 11) is -2.47. The predicted octanol–water partition coefficient (Wildman–Crippen LogP) is 0.794. The van der Waals surface area contributed by atoms with Crippen molar-refractivity contribution in [3.8, 4) is 0 Å². The Hall–Kier alpha value is -1.51. The first-order valence-corrected chi connectivity index (χ1v) is 7.81. The zero-order chi connectivity index (χ0) is 16.2. The molecule has 0 aliphatic carbocycles. The fourth-order valence-corrected chi connectivity index (χ4v) is 2.39. The molecule has 1 unspecified atom stereocenters. The molecule has 0 aliphatic heterocycles. The number of halogens is 1. The van der Waals surface area contributed by atoms with E-state index in [1.165, 1.54) is 14.0 Å². The Kier molecular flexibility index (Phi) is 5.82. The lowest BCUT2D eigenvalue weighted by Crippen LogP contribution is -2.31. The number of methoxy groups -OCH3 is 1. The van der Waals surface area contributed by atoms with Gasteiger partial charge in [0.15, 0.2) is 0 Å². The van der Waals surface area contributed by atoms with Crippen molar-refractivity contribution in [3.63, 3.8) is 0 Å². The number of ether oxygens (including phenoxy) is 1. The second-order valence-electron chi connectivity index (χ2n) is 4.92. The van der Waals surface area contributed by atoms with Gasteiger partial charge >= 0.3 is 0 Å². The van der Waals surface area contributed by atoms with E-state index in [0.29, 0.717) is 6.61 Å². The van der Waals surface area contributed by atoms with E-state index in [4.69, 9.17) is 9.88 Å². The van der Waals surface area contributed by atoms with E-state index in [1.54, 1.807) is 0 Å². The van der Waals surface area contributed by atoms with E-state index in [1.807, 2.05) is 6.92 Å². The van der Waals surface area contributed by atoms with Gasteiger partial charge in [-0.2, -0.15) is 0 Å². The number of hydrogen-bond acceptors (Lipinski definition) is 4. The van der Waals surface area contributed by atoms with Crippen LogP contribution >= 0.6 is 0 Å². The maximum absolute atomic E-state index is 14.0. The summed E-state index contributed by atoms with van der Waals surface area (Å²) in [4.78, 5) is 11.7. The number of primary sulfonamides is 1. The van der Waals surface area contributed by atoms with E-state index in [2.05, 4.69) is 5.32 Å². The van der Waals surface area contributed by atoms with Crippen LogP contribution in [-0.2, 0) is 14.8 Å². The van der Waals surface area contributed by atoms with Gasteiger partial charge in [0.05, 0.1) is 17.1 Å². The Labute approximate surface area is 123 Å². The summed E-state index contributed by atoms with van der Waals surface area (Å²) in [5.41, 5.74) is -0.305. The molecule has 1 atom stereocenters. The van der Waals surface area contributed by atoms with Gasteiger partial charge in [0.1, 0.15) is 5.82 Å². The standard InChI is InChI=1S/C13H19FN2O4S/c1-8(7-20-3)6-16-13(17)11-5-10(21(15,18)19)4-9(2)12(11)14/h4-5,8H,6-7H2,1-3H3,(H,16,17)(H2,15,18,19). The van der Waals surface area contributed by atoms with Crippen LogP contribution in [0.1, 0.15) is 22.8 Å². The van der Waals surface area contributed by atoms with Gasteiger partial charge in [0, 0.05) is 13.7 Å². The molecule has 1 aromatic rings. The lowest BCUT2D eigenvalue weighted by molar-refractivity contribution is 0.0929. The lowest BCUT2D eigenvalue weighted by Gasteiger charge is -2.13. The van der Waals surface area contributed by atoms with Crippen molar-refractivity contribution in [1.82, 2.24) is 5.32 Å². The van der Waals surface area contributed by atoms with Gasteiger partial charge in [-0.25, -0.2) is 17.9 Å². The molecule has 21 heavy (non-hydrogen) atoms. The highest BCUT2D eigenvalue weighted by molar-refractivity contribution is 7.89. The fourth-order valence-electron chi connectivity index (χ4n) is 1.77. The van der Waals surface area contributed by atoms with Crippen molar-refractivity contribution < 1.29 is 22.3 Å². The van der Waals surface area contributed by atoms with Gasteiger partial charge in [-0.05, 0) is 30.5 Å². The second kappa shape index (κ2) is 6.97. The van der Waals surface area contributed by atoms with Crippen molar-refractivity contribution in [2.24, 2.45) is 11.1 Å². The van der Waals surface area contributed by atoms with Crippen molar-refractivity contribution >= 4 is 15.9 Å². The normalized spacial score (nSPS) is 13.0. The molecule has 0 fully saturated rings. The first-order chi connectivity index (χ1) is 9.66. The summed E-state index contributed by atoms with van der Waals surface area (Å²) in [6.07, 6.45) is 0. The van der Waals surface area contributed by atoms with E-state index < -0.39 is 21.7 Å². The summed E-state index contributed by atoms with van der Waals surface area (Å²) in [6.45, 7) is 3.95. The first kappa shape index (κ1) is 17.5. The third-order valence-electron chi connectivity index (χ3n) is 2.86. The van der Waals surface area contributed by atoms with Crippen LogP contribution in [0.2, 0.25) is 0 Å². The zero-order valence-electron chi connectivity index (χ0n) is 12.1. The summed E-state index contributed by atoms with van der Waals surface area (Å²) >= 11 is 0. The van der Waals surface area contributed by atoms with Gasteiger partial charge in [0.2, 0.25) is 10.0 Å². The topological polar surface area (TPSA) is 98.5 Å². The number of nitrogens with one attached hydrogen (secondary N) is 1. The summed E-state index contributed by atoms with van der Waals surface area (Å²) in [5, 5.41) is 7.54. The van der Waals surface area contributed by atoms with Crippen LogP contribution in [-0.4, -0.2) is 34.6 Å². The minimum atomic E-state index is -4.00. The van der Waals surface area contributed by atoms with Crippen LogP contribution in [0.3, 0.4) is 0 Å². The van der Waals surface area contributed by atoms with E-state index in [0.717, 1.165) is 12.1 Å². The predicted molar refractivity (Wildman–Crippen MR) is 75.9 cm³/mol. The Bertz CT molecular complexity index is 631. The third kappa shape index (κ3) is 4.76. The molecule has 0 aromatic heterocycles. The van der Waals surface area contributed by atoms with E-state index in [9.17, 15) is 17.6 Å². The highest BCUT2D eigenvalue weighted by atomic mass is 32.2. The van der Waals surface area contributed by atoms with E-state index in [-0.39, 0.29) is 28.5 Å². The second-order valence-corrected chi connectivity index (χ2v) is 6.48. The van der Waals surface area contributed by atoms with Crippen LogP contribution in [0.4, 0.5) is 4.39 Å². The Morgan fingerprint density at radius 2 is 2.10 bits per heavy atom. The summed E-state index contributed by atoms with van der Waals surface area (Å²) < 4.78 is 41.6. The van der Waals surface area contributed by atoms with Gasteiger partial charge < -0.3 is 10.1 Å². The van der Waals surface area contributed by atoms with Crippen molar-refractivity contribution in [3.05, 3.63) is 29.1 Å². The molecule has 1 rings (SSSR count). The minimum Gasteiger partial charge on any atom is -0.384 e. The molecule has 0 aliphatic rings. The monoisotopic (exact) mass is 318 g/mol. The molecule has 0 radical (unpaired) electrons. The molecule has 6 nitrogen and oxygen atoms in total. The number of sulfonamides is 1. The molecule has 1 amide bonds. The van der Waals surface area contributed by atoms with Crippen LogP contribution < -0.4 is 10.5 Å². The van der Waals surface area contributed by atoms with Gasteiger partial charge in [0.25, 0.3) is 5.91 Å². The number of nitrogens with two attached hydrogens (primary N) is 1. The molecule has 0 saturated heterocycles. The van der Waals surface area contributed by atoms with Crippen molar-refractivity contribution in [2.75, 3.05) is 20.3 Å². The van der Waals surface area contributed by atoms with Crippen LogP contribution in [0.5, 0.6) is 0 Å². The van der Waals surface area contributed by atoms with Gasteiger partial charge in [-0.15, -0.1) is 0 Å². The van der Waals surface area contributed by atoms with Crippen LogP contribution in [0, 0.1) is 18.7 Å². The highest BCUT2D eigenvalue weighted by Crippen LogP contribution is 2.18. The minimum absolute atomic E-state index is 0.0385. The molecule has 8 heteroatoms. The molecule has 0 heterocycles. The maximum Gasteiger partial charge on any atom is 0.254 e. The SMILES string of the molecule is COCC(C)CNC(=O)c1cc(S(N)(=O)=O)cc(C)c1F. The Morgan fingerprint density at radius 1 is 1.48 bits per heavy atom. The fraction of sp³-hybridized carbons (Fsp3) is 0.462. The number of carbonyl (C=O) groups is 1. The molecule has 3 N–H and O–H groups in total. The quantitative estimate of drug-likeness (QED) is 0.810. The largest absolute Gasteiger partial charge is 0.384 e. The van der Waals surface area contributed by atoms with Gasteiger partial charge in [-0.1, -0.05) is 6.92 Å². The number of amides is 1. The molecular formula is C13H19FN2O4S. The lowest BCUT2D eigenvalue weighted by atomic mass is 10.1. The summed E-state index contributed by atoms with van der Waals surface area (Å²) in [6, 6.07) is 2.03. The van der Waals surface area contributed by atoms with Crippen molar-refractivity contribution in [1.29, 1.82) is 0 Å². The third-order valence-corrected chi connectivity index (χ3v) is 3.76. The summed E-state index contributed by atoms with van der Waals surface area (Å²) in [5.74, 6) is -1.41. The maximum atomic E-state index is 14.0. The van der Waals surface area contributed by atoms with Crippen LogP contribution in [0.25, 0.3) is 0 Å². The molecule has 1 aromatic carbocycles. The van der Waals surface area contributed by atoms with Crippen molar-refractivity contribution in [2.45, 2.75) is 18.7 Å². The average Bonchev–Trinajstić information content (AvgIpc) is 2.38. The zero-order valence-corrected chi connectivity index (χ0v) is 13.0.